The summed E-state index contributed by atoms with van der Waals surface area (Å²) in [5.41, 5.74) is 9.08. The second kappa shape index (κ2) is 8.64. The van der Waals surface area contributed by atoms with Crippen LogP contribution >= 0.6 is 0 Å². The van der Waals surface area contributed by atoms with Crippen molar-refractivity contribution in [1.82, 2.24) is 0 Å². The van der Waals surface area contributed by atoms with Gasteiger partial charge in [-0.1, -0.05) is 48.5 Å². The van der Waals surface area contributed by atoms with Gasteiger partial charge in [-0.05, 0) is 82.0 Å². The van der Waals surface area contributed by atoms with E-state index in [0.717, 1.165) is 95.3 Å². The predicted octanol–water partition coefficient (Wildman–Crippen LogP) is 6.15. The summed E-state index contributed by atoms with van der Waals surface area (Å²) >= 11 is 0. The smallest absolute Gasteiger partial charge is 0.123 e. The Morgan fingerprint density at radius 2 is 0.848 bits per heavy atom. The highest BCUT2D eigenvalue weighted by Gasteiger charge is 2.53. The zero-order valence-corrected chi connectivity index (χ0v) is 25.4. The molecule has 4 aliphatic heterocycles. The molecule has 0 bridgehead atoms. The van der Waals surface area contributed by atoms with Gasteiger partial charge in [0.2, 0.25) is 0 Å². The summed E-state index contributed by atoms with van der Waals surface area (Å²) in [6.45, 7) is 3.81. The average Bonchev–Trinajstić information content (AvgIpc) is 3.08. The van der Waals surface area contributed by atoms with Gasteiger partial charge in [-0.25, -0.2) is 0 Å². The first-order valence-corrected chi connectivity index (χ1v) is 16.8. The second-order valence-electron chi connectivity index (χ2n) is 14.2. The van der Waals surface area contributed by atoms with Crippen LogP contribution in [0.5, 0.6) is 11.5 Å². The van der Waals surface area contributed by atoms with Crippen molar-refractivity contribution in [1.29, 1.82) is 0 Å². The van der Waals surface area contributed by atoms with Crippen LogP contribution < -0.4 is 9.80 Å². The first-order chi connectivity index (χ1) is 22.5. The Morgan fingerprint density at radius 3 is 1.26 bits per heavy atom. The average molecular weight is 607 g/mol. The molecule has 4 heterocycles. The molecule has 1 aliphatic carbocycles. The standard InChI is InChI=1S/C40H34N2O4/c43-25-9-7-21-13-17-41-15-11-19-3-1-5-23-27(19)37(41)29(21)33(25)31(23)35-39(45)36(40(35)46)32-24-6-2-4-20-12-16-42-18-14-22-8-10-26(44)34(32)30(22)38(42)28(20)24/h1-10,35-36,39-40,43-46H,11-18H2. The third-order valence-electron chi connectivity index (χ3n) is 12.3. The van der Waals surface area contributed by atoms with E-state index >= 15 is 0 Å². The van der Waals surface area contributed by atoms with Crippen molar-refractivity contribution < 1.29 is 20.4 Å². The monoisotopic (exact) mass is 606 g/mol. The van der Waals surface area contributed by atoms with E-state index in [2.05, 4.69) is 46.2 Å². The third kappa shape index (κ3) is 2.92. The molecule has 1 fully saturated rings. The van der Waals surface area contributed by atoms with Crippen molar-refractivity contribution >= 4 is 54.5 Å². The summed E-state index contributed by atoms with van der Waals surface area (Å²) in [4.78, 5) is 4.92. The normalized spacial score (nSPS) is 24.1. The zero-order chi connectivity index (χ0) is 30.6. The number of benzene rings is 6. The van der Waals surface area contributed by atoms with Gasteiger partial charge in [0.25, 0.3) is 0 Å². The molecule has 0 spiro atoms. The number of phenols is 2. The molecule has 0 atom stereocenters. The summed E-state index contributed by atoms with van der Waals surface area (Å²) in [5.74, 6) is -0.792. The van der Waals surface area contributed by atoms with E-state index in [4.69, 9.17) is 0 Å². The van der Waals surface area contributed by atoms with Gasteiger partial charge in [-0.3, -0.25) is 0 Å². The maximum Gasteiger partial charge on any atom is 0.123 e. The van der Waals surface area contributed by atoms with Crippen LogP contribution in [0.2, 0.25) is 0 Å². The maximum absolute atomic E-state index is 12.4. The highest BCUT2D eigenvalue weighted by atomic mass is 16.3. The molecular weight excluding hydrogens is 572 g/mol. The molecule has 11 rings (SSSR count). The van der Waals surface area contributed by atoms with Gasteiger partial charge < -0.3 is 30.2 Å². The summed E-state index contributed by atoms with van der Waals surface area (Å²) in [7, 11) is 0. The number of aliphatic hydroxyl groups excluding tert-OH is 2. The van der Waals surface area contributed by atoms with Crippen molar-refractivity contribution in [2.45, 2.75) is 49.7 Å². The lowest BCUT2D eigenvalue weighted by Crippen LogP contribution is -2.52. The van der Waals surface area contributed by atoms with Gasteiger partial charge in [0, 0.05) is 70.3 Å². The number of rotatable bonds is 2. The first-order valence-electron chi connectivity index (χ1n) is 16.8. The largest absolute Gasteiger partial charge is 0.507 e. The lowest BCUT2D eigenvalue weighted by Gasteiger charge is -2.49. The molecule has 6 aromatic rings. The van der Waals surface area contributed by atoms with Crippen LogP contribution in [0.25, 0.3) is 43.1 Å². The fourth-order valence-electron chi connectivity index (χ4n) is 10.3. The Balaban J connectivity index is 1.19. The molecule has 0 aromatic heterocycles. The fraction of sp³-hybridized carbons (Fsp3) is 0.300. The minimum Gasteiger partial charge on any atom is -0.507 e. The molecule has 6 heteroatoms. The van der Waals surface area contributed by atoms with Crippen LogP contribution in [-0.4, -0.2) is 58.8 Å². The molecule has 5 aliphatic rings. The Labute approximate surface area is 265 Å². The number of hydrogen-bond donors (Lipinski definition) is 4. The maximum atomic E-state index is 12.4. The molecule has 0 unspecified atom stereocenters. The van der Waals surface area contributed by atoms with Gasteiger partial charge in [0.1, 0.15) is 11.5 Å². The summed E-state index contributed by atoms with van der Waals surface area (Å²) < 4.78 is 0. The Morgan fingerprint density at radius 1 is 0.457 bits per heavy atom. The number of anilines is 2. The van der Waals surface area contributed by atoms with Crippen LogP contribution in [0.4, 0.5) is 11.4 Å². The number of phenolic OH excluding ortho intramolecular Hbond substituents is 2. The summed E-state index contributed by atoms with van der Waals surface area (Å²) in [5, 5.41) is 56.0. The van der Waals surface area contributed by atoms with Crippen LogP contribution in [0.15, 0.2) is 60.7 Å². The summed E-state index contributed by atoms with van der Waals surface area (Å²) in [6, 6.07) is 20.5. The molecule has 0 amide bonds. The zero-order valence-electron chi connectivity index (χ0n) is 25.4. The molecule has 0 saturated heterocycles. The molecular formula is C40H34N2O4. The molecule has 1 saturated carbocycles. The molecule has 6 nitrogen and oxygen atoms in total. The van der Waals surface area contributed by atoms with E-state index in [1.54, 1.807) is 12.1 Å². The van der Waals surface area contributed by atoms with E-state index in [0.29, 0.717) is 0 Å². The quantitative estimate of drug-likeness (QED) is 0.177. The Bertz CT molecular complexity index is 2200. The van der Waals surface area contributed by atoms with Crippen molar-refractivity contribution in [2.24, 2.45) is 0 Å². The topological polar surface area (TPSA) is 87.4 Å². The third-order valence-corrected chi connectivity index (χ3v) is 12.3. The predicted molar refractivity (Wildman–Crippen MR) is 183 cm³/mol. The molecule has 0 radical (unpaired) electrons. The molecule has 46 heavy (non-hydrogen) atoms. The van der Waals surface area contributed by atoms with Crippen molar-refractivity contribution in [3.63, 3.8) is 0 Å². The minimum absolute atomic E-state index is 0.198. The summed E-state index contributed by atoms with van der Waals surface area (Å²) in [6.07, 6.45) is 1.89. The Hall–Kier alpha value is -4.52. The van der Waals surface area contributed by atoms with Crippen molar-refractivity contribution in [3.8, 4) is 11.5 Å². The first kappa shape index (κ1) is 25.6. The molecule has 4 N–H and O–H groups in total. The van der Waals surface area contributed by atoms with Crippen molar-refractivity contribution in [3.05, 3.63) is 94.0 Å². The number of aliphatic hydroxyl groups is 2. The number of aromatic hydroxyl groups is 2. The molecule has 228 valence electrons. The van der Waals surface area contributed by atoms with Crippen LogP contribution in [0.1, 0.15) is 45.2 Å². The van der Waals surface area contributed by atoms with Crippen molar-refractivity contribution in [2.75, 3.05) is 36.0 Å². The lowest BCUT2D eigenvalue weighted by atomic mass is 9.60. The highest BCUT2D eigenvalue weighted by Crippen LogP contribution is 2.60. The SMILES string of the molecule is Oc1ccc2c3c4c5c(cccc5c(C5C(O)C(c6c7cccc8c7c7c9c(ccc(O)c69)CCN7CC8)C5O)c13)CCN4CC2. The van der Waals surface area contributed by atoms with E-state index in [1.807, 2.05) is 12.1 Å². The van der Waals surface area contributed by atoms with Crippen LogP contribution in [0.3, 0.4) is 0 Å². The molecule has 6 aromatic carbocycles. The fourth-order valence-corrected chi connectivity index (χ4v) is 10.3. The number of hydrogen-bond acceptors (Lipinski definition) is 6. The van der Waals surface area contributed by atoms with E-state index in [1.165, 1.54) is 44.4 Å². The van der Waals surface area contributed by atoms with Crippen LogP contribution in [0, 0.1) is 0 Å². The second-order valence-corrected chi connectivity index (χ2v) is 14.2. The van der Waals surface area contributed by atoms with Gasteiger partial charge in [0.15, 0.2) is 0 Å². The van der Waals surface area contributed by atoms with Gasteiger partial charge in [-0.15, -0.1) is 0 Å². The minimum atomic E-state index is -0.910. The van der Waals surface area contributed by atoms with E-state index in [-0.39, 0.29) is 11.5 Å². The van der Waals surface area contributed by atoms with Gasteiger partial charge in [0.05, 0.1) is 23.6 Å². The van der Waals surface area contributed by atoms with Crippen LogP contribution in [-0.2, 0) is 25.7 Å². The highest BCUT2D eigenvalue weighted by molar-refractivity contribution is 6.21. The lowest BCUT2D eigenvalue weighted by molar-refractivity contribution is -0.0766. The van der Waals surface area contributed by atoms with Gasteiger partial charge in [-0.2, -0.15) is 0 Å². The van der Waals surface area contributed by atoms with Gasteiger partial charge >= 0.3 is 0 Å². The number of nitrogens with zero attached hydrogens (tertiary/aromatic N) is 2. The van der Waals surface area contributed by atoms with E-state index in [9.17, 15) is 20.4 Å². The Kier molecular flexibility index (Phi) is 4.81. The van der Waals surface area contributed by atoms with E-state index < -0.39 is 24.0 Å².